The van der Waals surface area contributed by atoms with E-state index in [0.29, 0.717) is 0 Å². The number of nitrogens with zero attached hydrogens (tertiary/aromatic N) is 2. The smallest absolute Gasteiger partial charge is 0.254 e. The molecule has 0 saturated carbocycles. The fourth-order valence-corrected chi connectivity index (χ4v) is 8.70. The molecule has 8 aromatic carbocycles. The Morgan fingerprint density at radius 2 is 0.904 bits per heavy atom. The van der Waals surface area contributed by atoms with Crippen LogP contribution in [-0.2, 0) is 0 Å². The monoisotopic (exact) mass is 662 g/mol. The van der Waals surface area contributed by atoms with Crippen LogP contribution in [0.2, 0.25) is 0 Å². The van der Waals surface area contributed by atoms with Crippen molar-refractivity contribution in [3.05, 3.63) is 188 Å². The third-order valence-electron chi connectivity index (χ3n) is 10.9. The quantitative estimate of drug-likeness (QED) is 0.172. The van der Waals surface area contributed by atoms with Gasteiger partial charge >= 0.3 is 0 Å². The highest BCUT2D eigenvalue weighted by molar-refractivity contribution is 6.98. The van der Waals surface area contributed by atoms with Crippen molar-refractivity contribution in [2.45, 2.75) is 0 Å². The van der Waals surface area contributed by atoms with Crippen LogP contribution in [0.15, 0.2) is 188 Å². The van der Waals surface area contributed by atoms with E-state index in [2.05, 4.69) is 197 Å². The van der Waals surface area contributed by atoms with Gasteiger partial charge in [0.25, 0.3) is 6.71 Å². The summed E-state index contributed by atoms with van der Waals surface area (Å²) in [5, 5.41) is 4.97. The largest absolute Gasteiger partial charge is 0.458 e. The van der Waals surface area contributed by atoms with E-state index in [1.165, 1.54) is 71.1 Å². The molecule has 0 radical (unpaired) electrons. The topological polar surface area (TPSA) is 19.1 Å². The average molecular weight is 663 g/mol. The Labute approximate surface area is 301 Å². The number of benzene rings is 8. The number of rotatable bonds is 4. The minimum absolute atomic E-state index is 0.0550. The van der Waals surface area contributed by atoms with E-state index in [9.17, 15) is 0 Å². The standard InChI is InChI=1S/C48H31BN2O/c1-2-15-32(16-3-1)34-20-14-26-45(48(34)49-39-21-7-12-27-46(39)52-47-28-13-8-22-40(47)49)51-43-25-11-6-19-37(43)38-31-33(29-30-44(38)51)50-41-23-9-4-17-35(41)36-18-5-10-24-42(36)50/h1-31H. The maximum absolute atomic E-state index is 6.55. The highest BCUT2D eigenvalue weighted by Gasteiger charge is 2.36. The summed E-state index contributed by atoms with van der Waals surface area (Å²) < 4.78 is 11.4. The normalized spacial score (nSPS) is 12.3. The number of fused-ring (bicyclic) bond motifs is 8. The van der Waals surface area contributed by atoms with Crippen molar-refractivity contribution in [2.24, 2.45) is 0 Å². The molecule has 0 N–H and O–H groups in total. The summed E-state index contributed by atoms with van der Waals surface area (Å²) in [7, 11) is 0. The fourth-order valence-electron chi connectivity index (χ4n) is 8.70. The molecule has 10 aromatic rings. The molecule has 4 heteroatoms. The van der Waals surface area contributed by atoms with E-state index in [1.807, 2.05) is 0 Å². The molecule has 242 valence electrons. The Bertz CT molecular complexity index is 2910. The Balaban J connectivity index is 1.23. The number of hydrogen-bond acceptors (Lipinski definition) is 1. The molecule has 11 rings (SSSR count). The molecule has 0 amide bonds. The zero-order valence-corrected chi connectivity index (χ0v) is 28.3. The van der Waals surface area contributed by atoms with Crippen LogP contribution in [0.3, 0.4) is 0 Å². The van der Waals surface area contributed by atoms with Gasteiger partial charge in [0.15, 0.2) is 0 Å². The van der Waals surface area contributed by atoms with E-state index < -0.39 is 0 Å². The van der Waals surface area contributed by atoms with Crippen LogP contribution in [0, 0.1) is 0 Å². The van der Waals surface area contributed by atoms with Crippen LogP contribution in [-0.4, -0.2) is 15.8 Å². The molecular weight excluding hydrogens is 631 g/mol. The zero-order valence-electron chi connectivity index (χ0n) is 28.3. The molecule has 2 aromatic heterocycles. The highest BCUT2D eigenvalue weighted by Crippen LogP contribution is 2.38. The molecule has 3 nitrogen and oxygen atoms in total. The maximum Gasteiger partial charge on any atom is 0.254 e. The van der Waals surface area contributed by atoms with Crippen LogP contribution in [0.25, 0.3) is 66.1 Å². The zero-order chi connectivity index (χ0) is 34.2. The summed E-state index contributed by atoms with van der Waals surface area (Å²) in [6.45, 7) is -0.0550. The van der Waals surface area contributed by atoms with Gasteiger partial charge in [0, 0.05) is 32.9 Å². The first-order chi connectivity index (χ1) is 25.8. The van der Waals surface area contributed by atoms with Crippen LogP contribution in [0.4, 0.5) is 0 Å². The molecule has 3 heterocycles. The van der Waals surface area contributed by atoms with Crippen molar-refractivity contribution in [2.75, 3.05) is 0 Å². The predicted molar refractivity (Wildman–Crippen MR) is 218 cm³/mol. The van der Waals surface area contributed by atoms with Gasteiger partial charge in [-0.05, 0) is 82.1 Å². The van der Waals surface area contributed by atoms with Gasteiger partial charge in [-0.15, -0.1) is 0 Å². The van der Waals surface area contributed by atoms with Crippen LogP contribution >= 0.6 is 0 Å². The molecular formula is C48H31BN2O. The molecule has 0 saturated heterocycles. The molecule has 0 spiro atoms. The lowest BCUT2D eigenvalue weighted by Crippen LogP contribution is -2.56. The lowest BCUT2D eigenvalue weighted by molar-refractivity contribution is 0.487. The summed E-state index contributed by atoms with van der Waals surface area (Å²) in [5.74, 6) is 1.80. The van der Waals surface area contributed by atoms with Crippen LogP contribution < -0.4 is 21.1 Å². The van der Waals surface area contributed by atoms with Gasteiger partial charge in [-0.1, -0.05) is 133 Å². The van der Waals surface area contributed by atoms with Gasteiger partial charge < -0.3 is 13.9 Å². The molecule has 0 fully saturated rings. The van der Waals surface area contributed by atoms with E-state index in [4.69, 9.17) is 4.74 Å². The van der Waals surface area contributed by atoms with E-state index >= 15 is 0 Å². The average Bonchev–Trinajstić information content (AvgIpc) is 3.72. The maximum atomic E-state index is 6.55. The Kier molecular flexibility index (Phi) is 6.35. The Morgan fingerprint density at radius 3 is 1.56 bits per heavy atom. The predicted octanol–water partition coefficient (Wildman–Crippen LogP) is 10.2. The Morgan fingerprint density at radius 1 is 0.385 bits per heavy atom. The number of ether oxygens (including phenoxy) is 1. The van der Waals surface area contributed by atoms with Gasteiger partial charge in [-0.2, -0.15) is 0 Å². The lowest BCUT2D eigenvalue weighted by atomic mass is 9.34. The van der Waals surface area contributed by atoms with Crippen molar-refractivity contribution >= 4 is 66.7 Å². The third-order valence-corrected chi connectivity index (χ3v) is 10.9. The van der Waals surface area contributed by atoms with Crippen molar-refractivity contribution in [1.29, 1.82) is 0 Å². The van der Waals surface area contributed by atoms with E-state index in [-0.39, 0.29) is 6.71 Å². The molecule has 0 aliphatic carbocycles. The van der Waals surface area contributed by atoms with E-state index in [1.54, 1.807) is 0 Å². The molecule has 1 aliphatic heterocycles. The summed E-state index contributed by atoms with van der Waals surface area (Å²) in [5.41, 5.74) is 13.1. The van der Waals surface area contributed by atoms with Gasteiger partial charge in [0.2, 0.25) is 0 Å². The van der Waals surface area contributed by atoms with Gasteiger partial charge in [-0.25, -0.2) is 0 Å². The van der Waals surface area contributed by atoms with Gasteiger partial charge in [0.1, 0.15) is 11.5 Å². The molecule has 1 aliphatic rings. The molecule has 0 unspecified atom stereocenters. The fraction of sp³-hybridized carbons (Fsp3) is 0. The van der Waals surface area contributed by atoms with Crippen molar-refractivity contribution in [1.82, 2.24) is 9.13 Å². The minimum Gasteiger partial charge on any atom is -0.458 e. The number of aromatic nitrogens is 2. The number of hydrogen-bond donors (Lipinski definition) is 0. The summed E-state index contributed by atoms with van der Waals surface area (Å²) >= 11 is 0. The Hall–Kier alpha value is -6.78. The van der Waals surface area contributed by atoms with Gasteiger partial charge in [-0.3, -0.25) is 0 Å². The first-order valence-corrected chi connectivity index (χ1v) is 17.9. The summed E-state index contributed by atoms with van der Waals surface area (Å²) in [4.78, 5) is 0. The van der Waals surface area contributed by atoms with Gasteiger partial charge in [0.05, 0.1) is 22.1 Å². The summed E-state index contributed by atoms with van der Waals surface area (Å²) in [6, 6.07) is 67.9. The first kappa shape index (κ1) is 29.0. The highest BCUT2D eigenvalue weighted by atomic mass is 16.5. The third kappa shape index (κ3) is 4.21. The molecule has 0 bridgehead atoms. The van der Waals surface area contributed by atoms with Crippen LogP contribution in [0.5, 0.6) is 11.5 Å². The minimum atomic E-state index is -0.0550. The second kappa shape index (κ2) is 11.4. The van der Waals surface area contributed by atoms with Crippen molar-refractivity contribution in [3.8, 4) is 34.0 Å². The van der Waals surface area contributed by atoms with E-state index in [0.717, 1.165) is 22.9 Å². The number of para-hydroxylation sites is 5. The van der Waals surface area contributed by atoms with Crippen LogP contribution in [0.1, 0.15) is 0 Å². The lowest BCUT2D eigenvalue weighted by Gasteiger charge is -2.30. The summed E-state index contributed by atoms with van der Waals surface area (Å²) in [6.07, 6.45) is 0. The van der Waals surface area contributed by atoms with Crippen molar-refractivity contribution < 1.29 is 4.74 Å². The second-order valence-electron chi connectivity index (χ2n) is 13.6. The molecule has 0 atom stereocenters. The second-order valence-corrected chi connectivity index (χ2v) is 13.6. The molecule has 52 heavy (non-hydrogen) atoms. The van der Waals surface area contributed by atoms with Crippen molar-refractivity contribution in [3.63, 3.8) is 0 Å². The SMILES string of the molecule is c1ccc(-c2cccc(-n3c4ccccc4c4cc(-n5c6ccccc6c6ccccc65)ccc43)c2B2c3ccccc3Oc3ccccc32)cc1. The first-order valence-electron chi connectivity index (χ1n) is 17.9.